The molecular weight excluding hydrogens is 280 g/mol. The maximum Gasteiger partial charge on any atom is 0.278 e. The van der Waals surface area contributed by atoms with Gasteiger partial charge in [-0.25, -0.2) is 9.67 Å². The number of fused-ring (bicyclic) bond motifs is 1. The zero-order valence-corrected chi connectivity index (χ0v) is 11.6. The largest absolute Gasteiger partial charge is 0.306 e. The van der Waals surface area contributed by atoms with Crippen LogP contribution in [0.15, 0.2) is 49.1 Å². The summed E-state index contributed by atoms with van der Waals surface area (Å²) in [5.74, 6) is 0.387. The molecule has 1 aromatic carbocycles. The molecule has 7 heteroatoms. The number of carbonyl (C=O) groups excluding carboxylic acids is 1. The Morgan fingerprint density at radius 3 is 2.77 bits per heavy atom. The third-order valence-corrected chi connectivity index (χ3v) is 3.66. The van der Waals surface area contributed by atoms with Crippen LogP contribution in [-0.2, 0) is 6.42 Å². The number of para-hydroxylation sites is 1. The van der Waals surface area contributed by atoms with Gasteiger partial charge < -0.3 is 4.90 Å². The van der Waals surface area contributed by atoms with Crippen molar-refractivity contribution in [2.45, 2.75) is 6.42 Å². The molecule has 1 aliphatic heterocycles. The molecule has 0 atom stereocenters. The molecule has 7 nitrogen and oxygen atoms in total. The molecule has 0 saturated carbocycles. The van der Waals surface area contributed by atoms with E-state index < -0.39 is 0 Å². The maximum absolute atomic E-state index is 12.6. The molecule has 0 fully saturated rings. The average Bonchev–Trinajstić information content (AvgIpc) is 3.24. The van der Waals surface area contributed by atoms with E-state index in [9.17, 15) is 4.79 Å². The Balaban J connectivity index is 1.61. The first-order chi connectivity index (χ1) is 10.8. The molecule has 1 aliphatic rings. The van der Waals surface area contributed by atoms with Crippen LogP contribution in [0.2, 0.25) is 0 Å². The van der Waals surface area contributed by atoms with Crippen LogP contribution < -0.4 is 4.90 Å². The summed E-state index contributed by atoms with van der Waals surface area (Å²) in [6.07, 6.45) is 3.82. The lowest BCUT2D eigenvalue weighted by Gasteiger charge is -2.16. The Bertz CT molecular complexity index is 812. The van der Waals surface area contributed by atoms with E-state index in [1.807, 2.05) is 24.3 Å². The Labute approximate surface area is 126 Å². The molecule has 22 heavy (non-hydrogen) atoms. The number of benzene rings is 1. The first-order valence-electron chi connectivity index (χ1n) is 6.91. The number of hydrogen-bond acceptors (Lipinski definition) is 5. The average molecular weight is 292 g/mol. The highest BCUT2D eigenvalue weighted by atomic mass is 16.2. The lowest BCUT2D eigenvalue weighted by molar-refractivity contribution is 0.0983. The van der Waals surface area contributed by atoms with Crippen molar-refractivity contribution in [3.63, 3.8) is 0 Å². The second-order valence-corrected chi connectivity index (χ2v) is 4.95. The van der Waals surface area contributed by atoms with Crippen LogP contribution >= 0.6 is 0 Å². The minimum absolute atomic E-state index is 0.136. The van der Waals surface area contributed by atoms with Gasteiger partial charge in [0, 0.05) is 12.2 Å². The second-order valence-electron chi connectivity index (χ2n) is 4.95. The molecular formula is C15H12N6O. The van der Waals surface area contributed by atoms with Crippen LogP contribution in [-0.4, -0.2) is 37.4 Å². The van der Waals surface area contributed by atoms with Crippen molar-refractivity contribution in [2.75, 3.05) is 11.4 Å². The summed E-state index contributed by atoms with van der Waals surface area (Å²) in [7, 11) is 0. The predicted molar refractivity (Wildman–Crippen MR) is 78.8 cm³/mol. The van der Waals surface area contributed by atoms with Crippen LogP contribution in [0, 0.1) is 0 Å². The quantitative estimate of drug-likeness (QED) is 0.710. The van der Waals surface area contributed by atoms with E-state index in [1.165, 1.54) is 22.9 Å². The Hall–Kier alpha value is -3.09. The van der Waals surface area contributed by atoms with Gasteiger partial charge in [-0.1, -0.05) is 18.2 Å². The molecule has 0 radical (unpaired) electrons. The molecule has 0 spiro atoms. The maximum atomic E-state index is 12.6. The topological polar surface area (TPSA) is 76.8 Å². The highest BCUT2D eigenvalue weighted by molar-refractivity contribution is 6.05. The first kappa shape index (κ1) is 12.6. The van der Waals surface area contributed by atoms with E-state index in [-0.39, 0.29) is 5.91 Å². The Morgan fingerprint density at radius 2 is 2.00 bits per heavy atom. The van der Waals surface area contributed by atoms with Crippen LogP contribution in [0.25, 0.3) is 5.82 Å². The lowest BCUT2D eigenvalue weighted by Crippen LogP contribution is -2.29. The number of hydrogen-bond donors (Lipinski definition) is 0. The van der Waals surface area contributed by atoms with Crippen molar-refractivity contribution in [1.82, 2.24) is 25.0 Å². The van der Waals surface area contributed by atoms with Crippen molar-refractivity contribution >= 4 is 11.6 Å². The molecule has 0 bridgehead atoms. The molecule has 1 amide bonds. The highest BCUT2D eigenvalue weighted by Crippen LogP contribution is 2.28. The molecule has 0 aliphatic carbocycles. The van der Waals surface area contributed by atoms with Crippen molar-refractivity contribution in [2.24, 2.45) is 0 Å². The lowest BCUT2D eigenvalue weighted by atomic mass is 10.2. The summed E-state index contributed by atoms with van der Waals surface area (Å²) in [6.45, 7) is 0.671. The molecule has 2 aromatic heterocycles. The van der Waals surface area contributed by atoms with Gasteiger partial charge in [-0.2, -0.15) is 5.10 Å². The van der Waals surface area contributed by atoms with Gasteiger partial charge in [-0.05, 0) is 30.2 Å². The summed E-state index contributed by atoms with van der Waals surface area (Å²) < 4.78 is 1.49. The van der Waals surface area contributed by atoms with Gasteiger partial charge in [-0.3, -0.25) is 4.79 Å². The summed E-state index contributed by atoms with van der Waals surface area (Å²) in [5.41, 5.74) is 2.46. The summed E-state index contributed by atoms with van der Waals surface area (Å²) >= 11 is 0. The van der Waals surface area contributed by atoms with E-state index in [0.29, 0.717) is 18.1 Å². The molecule has 0 N–H and O–H groups in total. The van der Waals surface area contributed by atoms with Crippen LogP contribution in [0.1, 0.15) is 16.1 Å². The normalized spacial score (nSPS) is 13.2. The van der Waals surface area contributed by atoms with Gasteiger partial charge in [0.1, 0.15) is 12.7 Å². The van der Waals surface area contributed by atoms with Gasteiger partial charge in [0.2, 0.25) is 0 Å². The molecule has 108 valence electrons. The van der Waals surface area contributed by atoms with E-state index in [4.69, 9.17) is 0 Å². The minimum atomic E-state index is -0.136. The van der Waals surface area contributed by atoms with Crippen molar-refractivity contribution in [1.29, 1.82) is 0 Å². The molecule has 0 saturated heterocycles. The predicted octanol–water partition coefficient (Wildman–Crippen LogP) is 1.26. The van der Waals surface area contributed by atoms with Gasteiger partial charge in [-0.15, -0.1) is 10.2 Å². The number of rotatable bonds is 2. The molecule has 3 heterocycles. The number of aromatic nitrogens is 5. The zero-order chi connectivity index (χ0) is 14.9. The summed E-state index contributed by atoms with van der Waals surface area (Å²) in [6, 6.07) is 11.3. The fraction of sp³-hybridized carbons (Fsp3) is 0.133. The number of nitrogens with zero attached hydrogens (tertiary/aromatic N) is 6. The summed E-state index contributed by atoms with van der Waals surface area (Å²) in [5, 5.41) is 12.0. The number of amides is 1. The van der Waals surface area contributed by atoms with E-state index in [1.54, 1.807) is 17.0 Å². The van der Waals surface area contributed by atoms with E-state index in [0.717, 1.165) is 12.1 Å². The zero-order valence-electron chi connectivity index (χ0n) is 11.6. The number of anilines is 1. The van der Waals surface area contributed by atoms with Crippen LogP contribution in [0.4, 0.5) is 5.69 Å². The highest BCUT2D eigenvalue weighted by Gasteiger charge is 2.26. The Kier molecular flexibility index (Phi) is 2.89. The van der Waals surface area contributed by atoms with Crippen LogP contribution in [0.5, 0.6) is 0 Å². The molecule has 4 rings (SSSR count). The van der Waals surface area contributed by atoms with E-state index in [2.05, 4.69) is 20.3 Å². The fourth-order valence-corrected chi connectivity index (χ4v) is 2.58. The SMILES string of the molecule is O=C(c1ccc(-n2cncn2)nn1)N1CCc2ccccc21. The monoisotopic (exact) mass is 292 g/mol. The Morgan fingerprint density at radius 1 is 1.09 bits per heavy atom. The smallest absolute Gasteiger partial charge is 0.278 e. The fourth-order valence-electron chi connectivity index (χ4n) is 2.58. The van der Waals surface area contributed by atoms with Crippen molar-refractivity contribution < 1.29 is 4.79 Å². The molecule has 0 unspecified atom stereocenters. The molecule has 3 aromatic rings. The number of carbonyl (C=O) groups is 1. The second kappa shape index (κ2) is 5.03. The first-order valence-corrected chi connectivity index (χ1v) is 6.91. The third-order valence-electron chi connectivity index (χ3n) is 3.66. The van der Waals surface area contributed by atoms with Gasteiger partial charge >= 0.3 is 0 Å². The van der Waals surface area contributed by atoms with Crippen molar-refractivity contribution in [3.05, 3.63) is 60.3 Å². The van der Waals surface area contributed by atoms with Crippen molar-refractivity contribution in [3.8, 4) is 5.82 Å². The standard InChI is InChI=1S/C15H12N6O/c22-15(20-8-7-11-3-1-2-4-13(11)20)12-5-6-14(19-18-12)21-10-16-9-17-21/h1-6,9-10H,7-8H2. The minimum Gasteiger partial charge on any atom is -0.306 e. The van der Waals surface area contributed by atoms with Gasteiger partial charge in [0.05, 0.1) is 0 Å². The third kappa shape index (κ3) is 2.03. The van der Waals surface area contributed by atoms with E-state index >= 15 is 0 Å². The van der Waals surface area contributed by atoms with Gasteiger partial charge in [0.25, 0.3) is 5.91 Å². The van der Waals surface area contributed by atoms with Gasteiger partial charge in [0.15, 0.2) is 11.5 Å². The van der Waals surface area contributed by atoms with Crippen LogP contribution in [0.3, 0.4) is 0 Å². The summed E-state index contributed by atoms with van der Waals surface area (Å²) in [4.78, 5) is 18.2.